The number of rotatable bonds is 6. The van der Waals surface area contributed by atoms with Gasteiger partial charge in [0.25, 0.3) is 0 Å². The third-order valence-corrected chi connectivity index (χ3v) is 3.96. The lowest BCUT2D eigenvalue weighted by Gasteiger charge is -2.21. The summed E-state index contributed by atoms with van der Waals surface area (Å²) in [5.74, 6) is 0.766. The highest BCUT2D eigenvalue weighted by atomic mass is 32.2. The molecule has 0 aliphatic carbocycles. The summed E-state index contributed by atoms with van der Waals surface area (Å²) in [6.45, 7) is 4.28. The van der Waals surface area contributed by atoms with Crippen LogP contribution in [0.5, 0.6) is 0 Å². The summed E-state index contributed by atoms with van der Waals surface area (Å²) in [6.07, 6.45) is 8.33. The minimum absolute atomic E-state index is 0.527. The summed E-state index contributed by atoms with van der Waals surface area (Å²) in [7, 11) is -0.670. The number of hydrogen-bond acceptors (Lipinski definition) is 3. The van der Waals surface area contributed by atoms with Gasteiger partial charge in [-0.05, 0) is 32.7 Å². The fourth-order valence-electron chi connectivity index (χ4n) is 2.26. The van der Waals surface area contributed by atoms with Crippen LogP contribution >= 0.6 is 0 Å². The molecule has 3 atom stereocenters. The molecule has 0 saturated carbocycles. The van der Waals surface area contributed by atoms with Gasteiger partial charge in [0.1, 0.15) is 0 Å². The van der Waals surface area contributed by atoms with Gasteiger partial charge < -0.3 is 10.6 Å². The van der Waals surface area contributed by atoms with Crippen molar-refractivity contribution in [3.63, 3.8) is 0 Å². The Morgan fingerprint density at radius 1 is 1.44 bits per heavy atom. The summed E-state index contributed by atoms with van der Waals surface area (Å²) in [5, 5.41) is 7.06. The molecule has 96 valence electrons. The summed E-state index contributed by atoms with van der Waals surface area (Å²) in [6, 6.07) is 1.20. The molecule has 0 aromatic rings. The first kappa shape index (κ1) is 14.1. The zero-order valence-electron chi connectivity index (χ0n) is 10.6. The maximum Gasteiger partial charge on any atom is 0.0357 e. The first-order valence-corrected chi connectivity index (χ1v) is 8.18. The fourth-order valence-corrected chi connectivity index (χ4v) is 2.67. The molecule has 0 aromatic carbocycles. The van der Waals surface area contributed by atoms with Gasteiger partial charge in [-0.1, -0.05) is 12.8 Å². The Kier molecular flexibility index (Phi) is 7.25. The quantitative estimate of drug-likeness (QED) is 0.741. The van der Waals surface area contributed by atoms with Crippen LogP contribution in [0.2, 0.25) is 0 Å². The van der Waals surface area contributed by atoms with Crippen LogP contribution in [0.25, 0.3) is 0 Å². The average Bonchev–Trinajstić information content (AvgIpc) is 2.45. The van der Waals surface area contributed by atoms with E-state index in [1.807, 2.05) is 0 Å². The molecule has 3 unspecified atom stereocenters. The molecule has 3 nitrogen and oxygen atoms in total. The molecule has 0 radical (unpaired) electrons. The van der Waals surface area contributed by atoms with Gasteiger partial charge in [0.15, 0.2) is 0 Å². The van der Waals surface area contributed by atoms with Crippen molar-refractivity contribution < 1.29 is 4.21 Å². The zero-order chi connectivity index (χ0) is 11.8. The Morgan fingerprint density at radius 2 is 2.25 bits per heavy atom. The van der Waals surface area contributed by atoms with E-state index < -0.39 is 10.8 Å². The van der Waals surface area contributed by atoms with Crippen molar-refractivity contribution in [1.29, 1.82) is 0 Å². The first-order valence-electron chi connectivity index (χ1n) is 6.45. The average molecular weight is 246 g/mol. The van der Waals surface area contributed by atoms with Crippen molar-refractivity contribution in [3.05, 3.63) is 0 Å². The summed E-state index contributed by atoms with van der Waals surface area (Å²) in [4.78, 5) is 0. The fraction of sp³-hybridized carbons (Fsp3) is 1.00. The Morgan fingerprint density at radius 3 is 3.00 bits per heavy atom. The van der Waals surface area contributed by atoms with E-state index in [0.717, 1.165) is 12.3 Å². The molecule has 16 heavy (non-hydrogen) atoms. The van der Waals surface area contributed by atoms with Crippen LogP contribution in [-0.2, 0) is 10.8 Å². The molecule has 2 N–H and O–H groups in total. The van der Waals surface area contributed by atoms with E-state index in [-0.39, 0.29) is 0 Å². The highest BCUT2D eigenvalue weighted by molar-refractivity contribution is 7.84. The van der Waals surface area contributed by atoms with Crippen molar-refractivity contribution in [2.75, 3.05) is 25.1 Å². The van der Waals surface area contributed by atoms with Gasteiger partial charge in [-0.15, -0.1) is 0 Å². The van der Waals surface area contributed by atoms with Gasteiger partial charge in [0, 0.05) is 41.4 Å². The van der Waals surface area contributed by atoms with Crippen LogP contribution in [0, 0.1) is 0 Å². The van der Waals surface area contributed by atoms with Crippen molar-refractivity contribution in [2.24, 2.45) is 0 Å². The second kappa shape index (κ2) is 8.20. The Balaban J connectivity index is 2.11. The second-order valence-corrected chi connectivity index (χ2v) is 6.42. The van der Waals surface area contributed by atoms with Crippen LogP contribution < -0.4 is 10.6 Å². The highest BCUT2D eigenvalue weighted by Crippen LogP contribution is 2.12. The largest absolute Gasteiger partial charge is 0.314 e. The Hall–Kier alpha value is 0.0700. The van der Waals surface area contributed by atoms with Gasteiger partial charge in [-0.25, -0.2) is 0 Å². The van der Waals surface area contributed by atoms with Gasteiger partial charge >= 0.3 is 0 Å². The molecule has 1 aliphatic heterocycles. The lowest BCUT2D eigenvalue weighted by molar-refractivity contribution is 0.408. The molecular weight excluding hydrogens is 220 g/mol. The SMILES string of the molecule is CC(CC1CCCCCN1)NCCS(C)=O. The molecule has 0 aromatic heterocycles. The molecule has 0 amide bonds. The van der Waals surface area contributed by atoms with Crippen LogP contribution in [0.3, 0.4) is 0 Å². The minimum atomic E-state index is -0.670. The van der Waals surface area contributed by atoms with Gasteiger partial charge in [-0.2, -0.15) is 0 Å². The lowest BCUT2D eigenvalue weighted by atomic mass is 10.0. The van der Waals surface area contributed by atoms with Crippen molar-refractivity contribution >= 4 is 10.8 Å². The van der Waals surface area contributed by atoms with Gasteiger partial charge in [0.2, 0.25) is 0 Å². The molecule has 0 bridgehead atoms. The zero-order valence-corrected chi connectivity index (χ0v) is 11.4. The first-order chi connectivity index (χ1) is 7.68. The molecule has 1 saturated heterocycles. The van der Waals surface area contributed by atoms with E-state index in [9.17, 15) is 4.21 Å². The molecular formula is C12H26N2OS. The topological polar surface area (TPSA) is 41.1 Å². The third-order valence-electron chi connectivity index (χ3n) is 3.18. The predicted octanol–water partition coefficient (Wildman–Crippen LogP) is 1.27. The monoisotopic (exact) mass is 246 g/mol. The smallest absolute Gasteiger partial charge is 0.0357 e. The van der Waals surface area contributed by atoms with Crippen LogP contribution in [0.1, 0.15) is 39.0 Å². The van der Waals surface area contributed by atoms with E-state index in [1.54, 1.807) is 6.26 Å². The molecule has 1 fully saturated rings. The summed E-state index contributed by atoms with van der Waals surface area (Å²) < 4.78 is 10.9. The molecule has 1 rings (SSSR count). The standard InChI is InChI=1S/C12H26N2OS/c1-11(13-8-9-16(2)15)10-12-6-4-3-5-7-14-12/h11-14H,3-10H2,1-2H3. The van der Waals surface area contributed by atoms with E-state index >= 15 is 0 Å². The predicted molar refractivity (Wildman–Crippen MR) is 71.3 cm³/mol. The van der Waals surface area contributed by atoms with E-state index in [1.165, 1.54) is 38.6 Å². The number of hydrogen-bond donors (Lipinski definition) is 2. The normalized spacial score (nSPS) is 26.0. The van der Waals surface area contributed by atoms with Crippen LogP contribution in [0.15, 0.2) is 0 Å². The number of nitrogens with one attached hydrogen (secondary N) is 2. The summed E-state index contributed by atoms with van der Waals surface area (Å²) in [5.41, 5.74) is 0. The Bertz CT molecular complexity index is 203. The minimum Gasteiger partial charge on any atom is -0.314 e. The van der Waals surface area contributed by atoms with Crippen molar-refractivity contribution in [1.82, 2.24) is 10.6 Å². The molecule has 1 heterocycles. The Labute approximate surface area is 102 Å². The van der Waals surface area contributed by atoms with Crippen LogP contribution in [-0.4, -0.2) is 41.4 Å². The van der Waals surface area contributed by atoms with Gasteiger partial charge in [0.05, 0.1) is 0 Å². The summed E-state index contributed by atoms with van der Waals surface area (Å²) >= 11 is 0. The molecule has 1 aliphatic rings. The maximum atomic E-state index is 10.9. The van der Waals surface area contributed by atoms with Crippen molar-refractivity contribution in [3.8, 4) is 0 Å². The van der Waals surface area contributed by atoms with E-state index in [4.69, 9.17) is 0 Å². The van der Waals surface area contributed by atoms with Crippen LogP contribution in [0.4, 0.5) is 0 Å². The highest BCUT2D eigenvalue weighted by Gasteiger charge is 2.14. The second-order valence-electron chi connectivity index (χ2n) is 4.87. The van der Waals surface area contributed by atoms with E-state index in [2.05, 4.69) is 17.6 Å². The van der Waals surface area contributed by atoms with Crippen molar-refractivity contribution in [2.45, 2.75) is 51.1 Å². The lowest BCUT2D eigenvalue weighted by Crippen LogP contribution is -2.38. The maximum absolute atomic E-state index is 10.9. The van der Waals surface area contributed by atoms with E-state index in [0.29, 0.717) is 12.1 Å². The molecule has 0 spiro atoms. The third kappa shape index (κ3) is 6.61. The van der Waals surface area contributed by atoms with Gasteiger partial charge in [-0.3, -0.25) is 4.21 Å². The molecule has 4 heteroatoms.